The zero-order valence-electron chi connectivity index (χ0n) is 26.9. The van der Waals surface area contributed by atoms with Gasteiger partial charge in [-0.2, -0.15) is 5.26 Å². The molecule has 1 N–H and O–H groups in total. The maximum atomic E-state index is 13.2. The van der Waals surface area contributed by atoms with E-state index in [1.807, 2.05) is 111 Å². The van der Waals surface area contributed by atoms with Crippen LogP contribution in [0.25, 0.3) is 0 Å². The molecule has 244 valence electrons. The fourth-order valence-corrected chi connectivity index (χ4v) is 7.64. The smallest absolute Gasteiger partial charge is 0.256 e. The number of ether oxygens (including phenoxy) is 3. The van der Waals surface area contributed by atoms with Crippen LogP contribution in [0.3, 0.4) is 0 Å². The first-order valence-corrected chi connectivity index (χ1v) is 17.9. The summed E-state index contributed by atoms with van der Waals surface area (Å²) in [5.74, 6) is 0.241. The van der Waals surface area contributed by atoms with E-state index in [0.717, 1.165) is 16.7 Å². The Morgan fingerprint density at radius 2 is 1.31 bits per heavy atom. The van der Waals surface area contributed by atoms with Crippen LogP contribution in [-0.2, 0) is 24.7 Å². The monoisotopic (exact) mass is 656 g/mol. The number of nitriles is 1. The Bertz CT molecular complexity index is 1410. The summed E-state index contributed by atoms with van der Waals surface area (Å²) in [5.41, 5.74) is 1.30. The molecule has 11 heteroatoms. The minimum atomic E-state index is -3.60. The van der Waals surface area contributed by atoms with Gasteiger partial charge in [0.1, 0.15) is 17.1 Å². The van der Waals surface area contributed by atoms with E-state index in [9.17, 15) is 18.6 Å². The minimum absolute atomic E-state index is 0.0489. The van der Waals surface area contributed by atoms with Crippen molar-refractivity contribution >= 4 is 18.4 Å². The maximum Gasteiger partial charge on any atom is 0.256 e. The number of rotatable bonds is 18. The van der Waals surface area contributed by atoms with Crippen molar-refractivity contribution in [2.75, 3.05) is 38.9 Å². The Labute approximate surface area is 269 Å². The second-order valence-electron chi connectivity index (χ2n) is 11.2. The van der Waals surface area contributed by atoms with Gasteiger partial charge in [0.15, 0.2) is 9.84 Å². The van der Waals surface area contributed by atoms with Crippen molar-refractivity contribution in [1.29, 1.82) is 5.26 Å². The molecule has 0 aliphatic carbocycles. The Morgan fingerprint density at radius 3 is 1.76 bits per heavy atom. The van der Waals surface area contributed by atoms with E-state index in [2.05, 4.69) is 6.07 Å². The molecule has 0 bridgehead atoms. The number of hydrogen-bond donors (Lipinski definition) is 1. The third kappa shape index (κ3) is 9.73. The fraction of sp³-hybridized carbons (Fsp3) is 0.441. The Hall–Kier alpha value is -3.03. The molecule has 0 aliphatic heterocycles. The highest BCUT2D eigenvalue weighted by Gasteiger charge is 2.38. The lowest BCUT2D eigenvalue weighted by atomic mass is 9.80. The Morgan fingerprint density at radius 1 is 0.822 bits per heavy atom. The standard InChI is InChI=1S/C34H45N2O7PS/c1-26(2)36(27(3)4)44(37)43-25-28(24-35)20-22-45(38,39)23-21-42-34(29-10-8-7-9-11-29,30-12-16-32(40-5)17-13-30)31-14-18-33(41-6)19-15-31/h7-19,26-28,37H,20-23,25H2,1-6H3. The summed E-state index contributed by atoms with van der Waals surface area (Å²) in [6.45, 7) is 7.69. The topological polar surface area (TPSA) is 118 Å². The second kappa shape index (κ2) is 17.0. The molecule has 45 heavy (non-hydrogen) atoms. The van der Waals surface area contributed by atoms with Gasteiger partial charge in [0.05, 0.1) is 50.9 Å². The number of methoxy groups -OCH3 is 2. The minimum Gasteiger partial charge on any atom is -0.497 e. The maximum absolute atomic E-state index is 13.2. The lowest BCUT2D eigenvalue weighted by Crippen LogP contribution is -2.35. The van der Waals surface area contributed by atoms with Crippen molar-refractivity contribution in [2.45, 2.75) is 51.8 Å². The Balaban J connectivity index is 1.80. The highest BCUT2D eigenvalue weighted by atomic mass is 32.2. The molecule has 0 fully saturated rings. The van der Waals surface area contributed by atoms with Crippen LogP contribution in [-0.4, -0.2) is 69.0 Å². The number of sulfone groups is 1. The van der Waals surface area contributed by atoms with E-state index in [1.165, 1.54) is 0 Å². The van der Waals surface area contributed by atoms with Gasteiger partial charge in [0, 0.05) is 12.1 Å². The summed E-state index contributed by atoms with van der Waals surface area (Å²) < 4.78 is 51.4. The molecule has 2 unspecified atom stereocenters. The van der Waals surface area contributed by atoms with E-state index in [4.69, 9.17) is 18.7 Å². The molecule has 3 aromatic carbocycles. The zero-order valence-corrected chi connectivity index (χ0v) is 28.6. The molecule has 0 aromatic heterocycles. The van der Waals surface area contributed by atoms with Gasteiger partial charge >= 0.3 is 0 Å². The quantitative estimate of drug-likeness (QED) is 0.124. The van der Waals surface area contributed by atoms with Gasteiger partial charge in [-0.1, -0.05) is 54.6 Å². The molecule has 0 heterocycles. The summed E-state index contributed by atoms with van der Waals surface area (Å²) in [6, 6.07) is 27.0. The number of benzene rings is 3. The highest BCUT2D eigenvalue weighted by Crippen LogP contribution is 2.42. The third-order valence-corrected chi connectivity index (χ3v) is 10.8. The first-order chi connectivity index (χ1) is 21.5. The van der Waals surface area contributed by atoms with Gasteiger partial charge in [0.25, 0.3) is 8.53 Å². The van der Waals surface area contributed by atoms with Crippen LogP contribution in [0.1, 0.15) is 50.8 Å². The normalized spacial score (nSPS) is 13.5. The van der Waals surface area contributed by atoms with E-state index >= 15 is 0 Å². The zero-order chi connectivity index (χ0) is 33.0. The lowest BCUT2D eigenvalue weighted by Gasteiger charge is -2.36. The average molecular weight is 657 g/mol. The molecule has 0 spiro atoms. The molecule has 3 rings (SSSR count). The van der Waals surface area contributed by atoms with Gasteiger partial charge < -0.3 is 23.6 Å². The van der Waals surface area contributed by atoms with Gasteiger partial charge in [-0.25, -0.2) is 13.1 Å². The van der Waals surface area contributed by atoms with Crippen molar-refractivity contribution in [3.63, 3.8) is 0 Å². The van der Waals surface area contributed by atoms with Gasteiger partial charge in [0.2, 0.25) is 0 Å². The molecule has 9 nitrogen and oxygen atoms in total. The van der Waals surface area contributed by atoms with Crippen molar-refractivity contribution in [1.82, 2.24) is 4.67 Å². The van der Waals surface area contributed by atoms with Gasteiger partial charge in [-0.3, -0.25) is 0 Å². The van der Waals surface area contributed by atoms with Crippen molar-refractivity contribution < 1.29 is 32.0 Å². The first kappa shape index (κ1) is 36.4. The first-order valence-electron chi connectivity index (χ1n) is 15.0. The van der Waals surface area contributed by atoms with Crippen molar-refractivity contribution in [3.05, 3.63) is 95.6 Å². The van der Waals surface area contributed by atoms with Crippen molar-refractivity contribution in [3.8, 4) is 17.6 Å². The van der Waals surface area contributed by atoms with Gasteiger partial charge in [-0.15, -0.1) is 0 Å². The van der Waals surface area contributed by atoms with E-state index < -0.39 is 29.9 Å². The van der Waals surface area contributed by atoms with Crippen LogP contribution in [0.5, 0.6) is 11.5 Å². The summed E-state index contributed by atoms with van der Waals surface area (Å²) in [5, 5.41) is 9.67. The molecule has 0 saturated carbocycles. The van der Waals surface area contributed by atoms with Crippen LogP contribution in [0.4, 0.5) is 0 Å². The second-order valence-corrected chi connectivity index (χ2v) is 14.8. The van der Waals surface area contributed by atoms with E-state index in [0.29, 0.717) is 11.5 Å². The molecule has 0 amide bonds. The molecule has 2 atom stereocenters. The fourth-order valence-electron chi connectivity index (χ4n) is 5.22. The molecule has 3 aromatic rings. The Kier molecular flexibility index (Phi) is 13.8. The predicted molar refractivity (Wildman–Crippen MR) is 178 cm³/mol. The van der Waals surface area contributed by atoms with Crippen LogP contribution in [0, 0.1) is 17.2 Å². The molecular weight excluding hydrogens is 611 g/mol. The molecule has 0 radical (unpaired) electrons. The summed E-state index contributed by atoms with van der Waals surface area (Å²) >= 11 is 0. The van der Waals surface area contributed by atoms with E-state index in [1.54, 1.807) is 14.2 Å². The van der Waals surface area contributed by atoms with Crippen molar-refractivity contribution in [2.24, 2.45) is 5.92 Å². The van der Waals surface area contributed by atoms with Crippen LogP contribution < -0.4 is 9.47 Å². The SMILES string of the molecule is COc1ccc(C(OCCS(=O)(=O)CCC(C#N)COP(O)N(C(C)C)C(C)C)(c2ccccc2)c2ccc(OC)cc2)cc1. The number of hydrogen-bond acceptors (Lipinski definition) is 9. The average Bonchev–Trinajstić information content (AvgIpc) is 3.03. The third-order valence-electron chi connectivity index (χ3n) is 7.49. The predicted octanol–water partition coefficient (Wildman–Crippen LogP) is 6.31. The molecule has 0 saturated heterocycles. The summed E-state index contributed by atoms with van der Waals surface area (Å²) in [4.78, 5) is 10.6. The largest absolute Gasteiger partial charge is 0.497 e. The summed E-state index contributed by atoms with van der Waals surface area (Å²) in [7, 11) is -2.30. The van der Waals surface area contributed by atoms with Crippen LogP contribution in [0.15, 0.2) is 78.9 Å². The van der Waals surface area contributed by atoms with Crippen LogP contribution in [0.2, 0.25) is 0 Å². The van der Waals surface area contributed by atoms with Gasteiger partial charge in [-0.05, 0) is 75.1 Å². The molecular formula is C34H45N2O7PS. The lowest BCUT2D eigenvalue weighted by molar-refractivity contribution is 0.0227. The molecule has 0 aliphatic rings. The highest BCUT2D eigenvalue weighted by molar-refractivity contribution is 7.91. The number of nitrogens with zero attached hydrogens (tertiary/aromatic N) is 2. The van der Waals surface area contributed by atoms with E-state index in [-0.39, 0.29) is 43.2 Å². The summed E-state index contributed by atoms with van der Waals surface area (Å²) in [6.07, 6.45) is 0.0894. The van der Waals surface area contributed by atoms with Crippen LogP contribution >= 0.6 is 8.53 Å².